The molecule has 4 aliphatic rings. The monoisotopic (exact) mass is 479 g/mol. The van der Waals surface area contributed by atoms with Crippen LogP contribution >= 0.6 is 11.6 Å². The summed E-state index contributed by atoms with van der Waals surface area (Å²) in [5.74, 6) is -0.106. The Bertz CT molecular complexity index is 1190. The lowest BCUT2D eigenvalue weighted by Crippen LogP contribution is -2.51. The van der Waals surface area contributed by atoms with Crippen molar-refractivity contribution in [3.63, 3.8) is 0 Å². The molecule has 3 amide bonds. The molecule has 176 valence electrons. The Morgan fingerprint density at radius 1 is 1.18 bits per heavy atom. The lowest BCUT2D eigenvalue weighted by Gasteiger charge is -2.32. The first kappa shape index (κ1) is 21.5. The van der Waals surface area contributed by atoms with Crippen LogP contribution in [0.2, 0.25) is 5.02 Å². The van der Waals surface area contributed by atoms with Gasteiger partial charge in [0.1, 0.15) is 18.3 Å². The molecule has 6 rings (SSSR count). The number of carbonyl (C=O) groups is 3. The number of hydrogen-bond donors (Lipinski definition) is 1. The number of anilines is 1. The number of rotatable bonds is 4. The standard InChI is InChI=1S/C26H26ClN3O4/c27-17-6-8-22-20(11-17)29(24(32)14-34-22)13-23(31)30-15-26(9-10-26)12-21(30)25(33)28-19-7-5-16-3-1-2-4-18(16)19/h1-4,6,8,11,19,21H,5,7,9-10,12-15H2,(H,28,33)/t19-,21-/m1/s1. The summed E-state index contributed by atoms with van der Waals surface area (Å²) in [7, 11) is 0. The molecule has 34 heavy (non-hydrogen) atoms. The van der Waals surface area contributed by atoms with Gasteiger partial charge in [-0.25, -0.2) is 0 Å². The largest absolute Gasteiger partial charge is 0.482 e. The smallest absolute Gasteiger partial charge is 0.265 e. The molecule has 7 nitrogen and oxygen atoms in total. The van der Waals surface area contributed by atoms with E-state index in [0.717, 1.165) is 25.7 Å². The second kappa shape index (κ2) is 8.01. The Balaban J connectivity index is 1.21. The van der Waals surface area contributed by atoms with E-state index in [2.05, 4.69) is 17.4 Å². The minimum atomic E-state index is -0.516. The predicted molar refractivity (Wildman–Crippen MR) is 127 cm³/mol. The zero-order valence-electron chi connectivity index (χ0n) is 18.8. The zero-order chi connectivity index (χ0) is 23.4. The van der Waals surface area contributed by atoms with E-state index in [1.807, 2.05) is 12.1 Å². The minimum Gasteiger partial charge on any atom is -0.482 e. The first-order valence-electron chi connectivity index (χ1n) is 11.8. The van der Waals surface area contributed by atoms with E-state index in [4.69, 9.17) is 16.3 Å². The highest BCUT2D eigenvalue weighted by Gasteiger charge is 2.55. The van der Waals surface area contributed by atoms with Gasteiger partial charge >= 0.3 is 0 Å². The predicted octanol–water partition coefficient (Wildman–Crippen LogP) is 3.25. The topological polar surface area (TPSA) is 79.0 Å². The number of fused-ring (bicyclic) bond motifs is 2. The Morgan fingerprint density at radius 2 is 2.00 bits per heavy atom. The van der Waals surface area contributed by atoms with Gasteiger partial charge in [0.05, 0.1) is 11.7 Å². The number of aryl methyl sites for hydroxylation is 1. The Kier molecular flexibility index (Phi) is 5.06. The molecular weight excluding hydrogens is 454 g/mol. The highest BCUT2D eigenvalue weighted by Crippen LogP contribution is 2.55. The van der Waals surface area contributed by atoms with Crippen LogP contribution in [0.5, 0.6) is 5.75 Å². The summed E-state index contributed by atoms with van der Waals surface area (Å²) in [5.41, 5.74) is 2.97. The Hall–Kier alpha value is -3.06. The van der Waals surface area contributed by atoms with Crippen LogP contribution in [0.25, 0.3) is 0 Å². The van der Waals surface area contributed by atoms with Gasteiger partial charge < -0.3 is 15.0 Å². The second-order valence-electron chi connectivity index (χ2n) is 9.92. The third kappa shape index (κ3) is 3.72. The number of nitrogens with zero attached hydrogens (tertiary/aromatic N) is 2. The van der Waals surface area contributed by atoms with Gasteiger partial charge in [0.25, 0.3) is 5.91 Å². The van der Waals surface area contributed by atoms with Gasteiger partial charge in [-0.05, 0) is 66.8 Å². The normalized spacial score (nSPS) is 24.0. The zero-order valence-corrected chi connectivity index (χ0v) is 19.5. The molecule has 1 saturated heterocycles. The van der Waals surface area contributed by atoms with Crippen LogP contribution in [0.1, 0.15) is 42.9 Å². The maximum absolute atomic E-state index is 13.5. The SMILES string of the molecule is O=C(N[C@@H]1CCc2ccccc21)[C@H]1CC2(CC2)CN1C(=O)CN1C(=O)COc2ccc(Cl)cc21. The van der Waals surface area contributed by atoms with Gasteiger partial charge in [-0.15, -0.1) is 0 Å². The molecule has 1 spiro atoms. The van der Waals surface area contributed by atoms with E-state index in [0.29, 0.717) is 29.4 Å². The lowest BCUT2D eigenvalue weighted by molar-refractivity contribution is -0.138. The van der Waals surface area contributed by atoms with Crippen molar-refractivity contribution < 1.29 is 19.1 Å². The van der Waals surface area contributed by atoms with Crippen molar-refractivity contribution >= 4 is 35.0 Å². The molecule has 8 heteroatoms. The molecule has 2 aromatic carbocycles. The van der Waals surface area contributed by atoms with Gasteiger partial charge in [0.2, 0.25) is 11.8 Å². The van der Waals surface area contributed by atoms with E-state index >= 15 is 0 Å². The molecular formula is C26H26ClN3O4. The van der Waals surface area contributed by atoms with Crippen molar-refractivity contribution in [1.82, 2.24) is 10.2 Å². The van der Waals surface area contributed by atoms with E-state index in [9.17, 15) is 14.4 Å². The molecule has 0 aromatic heterocycles. The van der Waals surface area contributed by atoms with Crippen LogP contribution in [0.15, 0.2) is 42.5 Å². The van der Waals surface area contributed by atoms with Crippen molar-refractivity contribution in [3.05, 3.63) is 58.6 Å². The molecule has 2 heterocycles. The summed E-state index contributed by atoms with van der Waals surface area (Å²) in [5, 5.41) is 3.67. The molecule has 0 radical (unpaired) electrons. The van der Waals surface area contributed by atoms with Crippen LogP contribution in [-0.4, -0.2) is 48.4 Å². The van der Waals surface area contributed by atoms with E-state index in [1.165, 1.54) is 16.0 Å². The highest BCUT2D eigenvalue weighted by molar-refractivity contribution is 6.31. The Morgan fingerprint density at radius 3 is 2.82 bits per heavy atom. The van der Waals surface area contributed by atoms with Crippen molar-refractivity contribution in [2.24, 2.45) is 5.41 Å². The third-order valence-electron chi connectivity index (χ3n) is 7.70. The van der Waals surface area contributed by atoms with Crippen LogP contribution < -0.4 is 15.0 Å². The van der Waals surface area contributed by atoms with E-state index in [-0.39, 0.29) is 42.3 Å². The van der Waals surface area contributed by atoms with Crippen LogP contribution in [0, 0.1) is 5.41 Å². The fourth-order valence-corrected chi connectivity index (χ4v) is 5.81. The number of hydrogen-bond acceptors (Lipinski definition) is 4. The first-order chi connectivity index (χ1) is 16.4. The average molecular weight is 480 g/mol. The molecule has 0 bridgehead atoms. The summed E-state index contributed by atoms with van der Waals surface area (Å²) < 4.78 is 5.49. The van der Waals surface area contributed by atoms with Gasteiger partial charge in [-0.3, -0.25) is 19.3 Å². The number of nitrogens with one attached hydrogen (secondary N) is 1. The maximum Gasteiger partial charge on any atom is 0.265 e. The lowest BCUT2D eigenvalue weighted by atomic mass is 10.0. The van der Waals surface area contributed by atoms with E-state index < -0.39 is 6.04 Å². The Labute approximate surface area is 203 Å². The van der Waals surface area contributed by atoms with E-state index in [1.54, 1.807) is 23.1 Å². The van der Waals surface area contributed by atoms with Crippen molar-refractivity contribution in [1.29, 1.82) is 0 Å². The summed E-state index contributed by atoms with van der Waals surface area (Å²) in [6.45, 7) is 0.296. The van der Waals surface area contributed by atoms with Crippen LogP contribution in [-0.2, 0) is 20.8 Å². The number of ether oxygens (including phenoxy) is 1. The molecule has 1 saturated carbocycles. The van der Waals surface area contributed by atoms with Gasteiger partial charge in [-0.2, -0.15) is 0 Å². The molecule has 1 N–H and O–H groups in total. The second-order valence-corrected chi connectivity index (χ2v) is 10.4. The fraction of sp³-hybridized carbons (Fsp3) is 0.423. The number of likely N-dealkylation sites (tertiary alicyclic amines) is 1. The minimum absolute atomic E-state index is 0.0220. The first-order valence-corrected chi connectivity index (χ1v) is 12.2. The van der Waals surface area contributed by atoms with Crippen molar-refractivity contribution in [2.45, 2.75) is 44.2 Å². The average Bonchev–Trinajstić information content (AvgIpc) is 3.29. The quantitative estimate of drug-likeness (QED) is 0.730. The van der Waals surface area contributed by atoms with Crippen molar-refractivity contribution in [2.75, 3.05) is 24.6 Å². The van der Waals surface area contributed by atoms with Gasteiger partial charge in [-0.1, -0.05) is 35.9 Å². The van der Waals surface area contributed by atoms with Crippen LogP contribution in [0.3, 0.4) is 0 Å². The maximum atomic E-state index is 13.5. The molecule has 2 aliphatic carbocycles. The summed E-state index contributed by atoms with van der Waals surface area (Å²) in [4.78, 5) is 42.7. The fourth-order valence-electron chi connectivity index (χ4n) is 5.64. The summed E-state index contributed by atoms with van der Waals surface area (Å²) in [6, 6.07) is 12.7. The third-order valence-corrected chi connectivity index (χ3v) is 7.93. The number of carbonyl (C=O) groups excluding carboxylic acids is 3. The van der Waals surface area contributed by atoms with Crippen LogP contribution in [0.4, 0.5) is 5.69 Å². The molecule has 2 fully saturated rings. The highest BCUT2D eigenvalue weighted by atomic mass is 35.5. The summed E-state index contributed by atoms with van der Waals surface area (Å²) >= 11 is 6.14. The van der Waals surface area contributed by atoms with Crippen molar-refractivity contribution in [3.8, 4) is 5.75 Å². The molecule has 2 aromatic rings. The molecule has 2 atom stereocenters. The number of amides is 3. The van der Waals surface area contributed by atoms with Gasteiger partial charge in [0, 0.05) is 11.6 Å². The van der Waals surface area contributed by atoms with Gasteiger partial charge in [0.15, 0.2) is 6.61 Å². The number of halogens is 1. The molecule has 2 aliphatic heterocycles. The molecule has 0 unspecified atom stereocenters. The summed E-state index contributed by atoms with van der Waals surface area (Å²) in [6.07, 6.45) is 4.55. The number of benzene rings is 2.